The largest absolute Gasteiger partial charge is 0.324 e. The molecule has 1 atom stereocenters. The molecule has 1 aliphatic heterocycles. The standard InChI is InChI=1S/C17H17N3O4S/c1-11(20-10-12-4-2-3-5-15(12)17(20)22)16(21)19-13-6-8-14(9-7-13)25(18,23)24/h2-9,11H,10H2,1H3,(H,19,21)(H2,18,23,24). The molecule has 0 bridgehead atoms. The van der Waals surface area contributed by atoms with Crippen LogP contribution in [0.4, 0.5) is 5.69 Å². The van der Waals surface area contributed by atoms with Gasteiger partial charge in [-0.2, -0.15) is 0 Å². The fourth-order valence-corrected chi connectivity index (χ4v) is 3.22. The lowest BCUT2D eigenvalue weighted by molar-refractivity contribution is -0.120. The zero-order chi connectivity index (χ0) is 18.2. The van der Waals surface area contributed by atoms with Crippen LogP contribution in [0.25, 0.3) is 0 Å². The number of nitrogens with one attached hydrogen (secondary N) is 1. The number of carbonyl (C=O) groups is 2. The molecular formula is C17H17N3O4S. The summed E-state index contributed by atoms with van der Waals surface area (Å²) in [7, 11) is -3.78. The predicted molar refractivity (Wildman–Crippen MR) is 92.2 cm³/mol. The predicted octanol–water partition coefficient (Wildman–Crippen LogP) is 1.32. The number of nitrogens with zero attached hydrogens (tertiary/aromatic N) is 1. The second-order valence-electron chi connectivity index (χ2n) is 5.82. The summed E-state index contributed by atoms with van der Waals surface area (Å²) in [6.07, 6.45) is 0. The molecule has 7 nitrogen and oxygen atoms in total. The highest BCUT2D eigenvalue weighted by atomic mass is 32.2. The van der Waals surface area contributed by atoms with Crippen LogP contribution in [-0.2, 0) is 21.4 Å². The Kier molecular flexibility index (Phi) is 4.32. The third-order valence-electron chi connectivity index (χ3n) is 4.15. The van der Waals surface area contributed by atoms with Crippen molar-refractivity contribution in [3.63, 3.8) is 0 Å². The number of nitrogens with two attached hydrogens (primary N) is 1. The molecule has 0 aromatic heterocycles. The van der Waals surface area contributed by atoms with Crippen LogP contribution in [0.5, 0.6) is 0 Å². The number of carbonyl (C=O) groups excluding carboxylic acids is 2. The van der Waals surface area contributed by atoms with Crippen molar-refractivity contribution in [1.29, 1.82) is 0 Å². The summed E-state index contributed by atoms with van der Waals surface area (Å²) in [4.78, 5) is 26.3. The third kappa shape index (κ3) is 3.40. The van der Waals surface area contributed by atoms with Crippen molar-refractivity contribution in [1.82, 2.24) is 4.90 Å². The highest BCUT2D eigenvalue weighted by Gasteiger charge is 2.33. The van der Waals surface area contributed by atoms with Crippen molar-refractivity contribution in [2.75, 3.05) is 5.32 Å². The first kappa shape index (κ1) is 17.1. The normalized spacial score (nSPS) is 15.0. The molecule has 0 saturated heterocycles. The van der Waals surface area contributed by atoms with Crippen LogP contribution in [0.2, 0.25) is 0 Å². The molecule has 3 rings (SSSR count). The molecule has 0 radical (unpaired) electrons. The van der Waals surface area contributed by atoms with Crippen molar-refractivity contribution < 1.29 is 18.0 Å². The Morgan fingerprint density at radius 2 is 1.80 bits per heavy atom. The number of fused-ring (bicyclic) bond motifs is 1. The molecule has 130 valence electrons. The number of rotatable bonds is 4. The van der Waals surface area contributed by atoms with Gasteiger partial charge in [0.2, 0.25) is 15.9 Å². The monoisotopic (exact) mass is 359 g/mol. The Hall–Kier alpha value is -2.71. The number of hydrogen-bond donors (Lipinski definition) is 2. The van der Waals surface area contributed by atoms with E-state index in [1.165, 1.54) is 29.2 Å². The average Bonchev–Trinajstić information content (AvgIpc) is 2.91. The van der Waals surface area contributed by atoms with E-state index in [4.69, 9.17) is 5.14 Å². The van der Waals surface area contributed by atoms with Crippen LogP contribution in [0, 0.1) is 0 Å². The molecule has 0 spiro atoms. The number of anilines is 1. The van der Waals surface area contributed by atoms with Gasteiger partial charge in [-0.25, -0.2) is 13.6 Å². The second kappa shape index (κ2) is 6.30. The summed E-state index contributed by atoms with van der Waals surface area (Å²) in [5.41, 5.74) is 1.93. The molecule has 0 aliphatic carbocycles. The van der Waals surface area contributed by atoms with Crippen molar-refractivity contribution in [3.8, 4) is 0 Å². The first-order chi connectivity index (χ1) is 11.8. The molecule has 0 saturated carbocycles. The van der Waals surface area contributed by atoms with E-state index in [0.717, 1.165) is 5.56 Å². The van der Waals surface area contributed by atoms with Crippen molar-refractivity contribution in [2.45, 2.75) is 24.4 Å². The van der Waals surface area contributed by atoms with Crippen LogP contribution < -0.4 is 10.5 Å². The molecule has 0 fully saturated rings. The SMILES string of the molecule is CC(C(=O)Nc1ccc(S(N)(=O)=O)cc1)N1Cc2ccccc2C1=O. The van der Waals surface area contributed by atoms with Gasteiger partial charge >= 0.3 is 0 Å². The molecule has 8 heteroatoms. The Morgan fingerprint density at radius 3 is 2.40 bits per heavy atom. The summed E-state index contributed by atoms with van der Waals surface area (Å²) < 4.78 is 22.5. The highest BCUT2D eigenvalue weighted by molar-refractivity contribution is 7.89. The van der Waals surface area contributed by atoms with E-state index in [-0.39, 0.29) is 16.7 Å². The maximum atomic E-state index is 12.4. The molecule has 3 N–H and O–H groups in total. The number of hydrogen-bond acceptors (Lipinski definition) is 4. The Bertz CT molecular complexity index is 939. The maximum absolute atomic E-state index is 12.4. The fraction of sp³-hybridized carbons (Fsp3) is 0.176. The number of amides is 2. The Labute approximate surface area is 145 Å². The first-order valence-corrected chi connectivity index (χ1v) is 9.14. The summed E-state index contributed by atoms with van der Waals surface area (Å²) in [5.74, 6) is -0.535. The number of sulfonamides is 1. The van der Waals surface area contributed by atoms with Gasteiger partial charge in [-0.3, -0.25) is 9.59 Å². The van der Waals surface area contributed by atoms with Gasteiger partial charge in [0.15, 0.2) is 0 Å². The van der Waals surface area contributed by atoms with Gasteiger partial charge in [-0.05, 0) is 42.8 Å². The number of primary sulfonamides is 1. The van der Waals surface area contributed by atoms with Gasteiger partial charge in [-0.1, -0.05) is 18.2 Å². The van der Waals surface area contributed by atoms with Crippen LogP contribution in [0.3, 0.4) is 0 Å². The van der Waals surface area contributed by atoms with Gasteiger partial charge in [0, 0.05) is 17.8 Å². The zero-order valence-electron chi connectivity index (χ0n) is 13.5. The van der Waals surface area contributed by atoms with E-state index >= 15 is 0 Å². The van der Waals surface area contributed by atoms with Crippen LogP contribution >= 0.6 is 0 Å². The topological polar surface area (TPSA) is 110 Å². The molecule has 1 aliphatic rings. The number of benzene rings is 2. The minimum Gasteiger partial charge on any atom is -0.324 e. The fourth-order valence-electron chi connectivity index (χ4n) is 2.71. The van der Waals surface area contributed by atoms with E-state index in [9.17, 15) is 18.0 Å². The quantitative estimate of drug-likeness (QED) is 0.858. The molecule has 2 amide bonds. The van der Waals surface area contributed by atoms with Crippen molar-refractivity contribution >= 4 is 27.5 Å². The molecule has 25 heavy (non-hydrogen) atoms. The van der Waals surface area contributed by atoms with E-state index in [2.05, 4.69) is 5.32 Å². The van der Waals surface area contributed by atoms with Gasteiger partial charge in [-0.15, -0.1) is 0 Å². The van der Waals surface area contributed by atoms with Gasteiger partial charge in [0.1, 0.15) is 6.04 Å². The average molecular weight is 359 g/mol. The summed E-state index contributed by atoms with van der Waals surface area (Å²) in [6, 6.07) is 12.1. The van der Waals surface area contributed by atoms with Crippen LogP contribution in [-0.4, -0.2) is 31.2 Å². The van der Waals surface area contributed by atoms with Crippen molar-refractivity contribution in [3.05, 3.63) is 59.7 Å². The highest BCUT2D eigenvalue weighted by Crippen LogP contribution is 2.24. The summed E-state index contributed by atoms with van der Waals surface area (Å²) in [6.45, 7) is 2.03. The first-order valence-electron chi connectivity index (χ1n) is 7.60. The van der Waals surface area contributed by atoms with E-state index in [1.807, 2.05) is 12.1 Å². The van der Waals surface area contributed by atoms with Crippen LogP contribution in [0.1, 0.15) is 22.8 Å². The zero-order valence-corrected chi connectivity index (χ0v) is 14.3. The molecule has 2 aromatic carbocycles. The molecule has 2 aromatic rings. The van der Waals surface area contributed by atoms with Crippen molar-refractivity contribution in [2.24, 2.45) is 5.14 Å². The summed E-state index contributed by atoms with van der Waals surface area (Å²) in [5, 5.41) is 7.71. The third-order valence-corrected chi connectivity index (χ3v) is 5.08. The lowest BCUT2D eigenvalue weighted by atomic mass is 10.1. The van der Waals surface area contributed by atoms with Gasteiger partial charge in [0.25, 0.3) is 5.91 Å². The van der Waals surface area contributed by atoms with Gasteiger partial charge in [0.05, 0.1) is 4.90 Å². The lowest BCUT2D eigenvalue weighted by Crippen LogP contribution is -2.42. The second-order valence-corrected chi connectivity index (χ2v) is 7.39. The van der Waals surface area contributed by atoms with Crippen LogP contribution in [0.15, 0.2) is 53.4 Å². The minimum atomic E-state index is -3.78. The Balaban J connectivity index is 1.71. The summed E-state index contributed by atoms with van der Waals surface area (Å²) >= 11 is 0. The maximum Gasteiger partial charge on any atom is 0.255 e. The lowest BCUT2D eigenvalue weighted by Gasteiger charge is -2.23. The molecule has 1 heterocycles. The molecule has 1 unspecified atom stereocenters. The smallest absolute Gasteiger partial charge is 0.255 e. The van der Waals surface area contributed by atoms with E-state index < -0.39 is 16.1 Å². The van der Waals surface area contributed by atoms with E-state index in [0.29, 0.717) is 17.8 Å². The van der Waals surface area contributed by atoms with Gasteiger partial charge < -0.3 is 10.2 Å². The minimum absolute atomic E-state index is 0.0382. The van der Waals surface area contributed by atoms with E-state index in [1.54, 1.807) is 19.1 Å². The Morgan fingerprint density at radius 1 is 1.16 bits per heavy atom. The molecular weight excluding hydrogens is 342 g/mol.